The number of amidine groups is 1. The Morgan fingerprint density at radius 2 is 2.18 bits per heavy atom. The molecule has 0 spiro atoms. The Morgan fingerprint density at radius 1 is 1.64 bits per heavy atom. The molecule has 0 amide bonds. The summed E-state index contributed by atoms with van der Waals surface area (Å²) < 4.78 is 34.5. The van der Waals surface area contributed by atoms with Crippen molar-refractivity contribution < 1.29 is 13.2 Å². The van der Waals surface area contributed by atoms with Crippen molar-refractivity contribution in [3.8, 4) is 12.5 Å². The van der Waals surface area contributed by atoms with Crippen LogP contribution in [0.2, 0.25) is 0 Å². The zero-order valence-electron chi connectivity index (χ0n) is 5.24. The van der Waals surface area contributed by atoms with Crippen LogP contribution in [0.15, 0.2) is 4.99 Å². The molecule has 2 nitrogen and oxygen atoms in total. The maximum Gasteiger partial charge on any atom is 0.405 e. The van der Waals surface area contributed by atoms with Crippen molar-refractivity contribution in [2.45, 2.75) is 6.18 Å². The summed E-state index contributed by atoms with van der Waals surface area (Å²) in [5, 5.41) is 1.99. The molecule has 0 saturated heterocycles. The van der Waals surface area contributed by atoms with Gasteiger partial charge in [-0.15, -0.1) is 0 Å². The van der Waals surface area contributed by atoms with E-state index in [0.29, 0.717) is 0 Å². The number of hydrogen-bond donors (Lipinski definition) is 1. The maximum absolute atomic E-state index is 11.5. The van der Waals surface area contributed by atoms with Gasteiger partial charge in [-0.25, -0.2) is 0 Å². The first kappa shape index (κ1) is 10.6. The molecular weight excluding hydrogens is 272 g/mol. The second-order valence-corrected chi connectivity index (χ2v) is 2.52. The van der Waals surface area contributed by atoms with Crippen LogP contribution in [0.3, 0.4) is 0 Å². The highest BCUT2D eigenvalue weighted by atomic mass is 127. The lowest BCUT2D eigenvalue weighted by atomic mass is 10.6. The summed E-state index contributed by atoms with van der Waals surface area (Å²) in [4.78, 5) is 3.25. The van der Waals surface area contributed by atoms with Crippen LogP contribution < -0.4 is 5.32 Å². The zero-order valence-corrected chi connectivity index (χ0v) is 7.40. The third-order valence-corrected chi connectivity index (χ3v) is 1.22. The van der Waals surface area contributed by atoms with Gasteiger partial charge >= 0.3 is 6.18 Å². The minimum absolute atomic E-state index is 0.0578. The van der Waals surface area contributed by atoms with Gasteiger partial charge in [0.2, 0.25) is 0 Å². The monoisotopic (exact) mass is 276 g/mol. The average molecular weight is 276 g/mol. The number of rotatable bonds is 1. The fraction of sp³-hybridized carbons (Fsp3) is 0.400. The molecule has 0 aromatic rings. The summed E-state index contributed by atoms with van der Waals surface area (Å²) in [7, 11) is 0. The van der Waals surface area contributed by atoms with Gasteiger partial charge in [-0.05, 0) is 0 Å². The van der Waals surface area contributed by atoms with Crippen molar-refractivity contribution >= 4 is 26.4 Å². The van der Waals surface area contributed by atoms with E-state index in [4.69, 9.17) is 6.42 Å². The smallest absolute Gasteiger partial charge is 0.355 e. The fourth-order valence-electron chi connectivity index (χ4n) is 0.269. The lowest BCUT2D eigenvalue weighted by Gasteiger charge is -2.06. The van der Waals surface area contributed by atoms with Crippen molar-refractivity contribution in [3.63, 3.8) is 0 Å². The number of alkyl halides is 3. The zero-order chi connectivity index (χ0) is 8.91. The SMILES string of the molecule is C#CN=C(I)NCC(F)(F)F. The van der Waals surface area contributed by atoms with Gasteiger partial charge < -0.3 is 5.32 Å². The molecular formula is C5H4F3IN2. The normalized spacial score (nSPS) is 12.5. The lowest BCUT2D eigenvalue weighted by molar-refractivity contribution is -0.121. The molecule has 62 valence electrons. The average Bonchev–Trinajstić information content (AvgIpc) is 1.83. The molecule has 0 aromatic carbocycles. The fourth-order valence-corrected chi connectivity index (χ4v) is 0.599. The van der Waals surface area contributed by atoms with Crippen LogP contribution in [0.4, 0.5) is 13.2 Å². The molecule has 6 heteroatoms. The van der Waals surface area contributed by atoms with Gasteiger partial charge in [0.15, 0.2) is 3.84 Å². The van der Waals surface area contributed by atoms with Gasteiger partial charge in [0.05, 0.1) is 0 Å². The molecule has 0 aromatic heterocycles. The van der Waals surface area contributed by atoms with Crippen LogP contribution in [-0.4, -0.2) is 16.6 Å². The molecule has 0 bridgehead atoms. The molecule has 0 aliphatic carbocycles. The van der Waals surface area contributed by atoms with Crippen molar-refractivity contribution in [2.75, 3.05) is 6.54 Å². The minimum atomic E-state index is -4.24. The van der Waals surface area contributed by atoms with Crippen LogP contribution in [0.5, 0.6) is 0 Å². The van der Waals surface area contributed by atoms with Gasteiger partial charge in [-0.3, -0.25) is 0 Å². The number of halogens is 4. The Hall–Kier alpha value is -0.450. The predicted octanol–water partition coefficient (Wildman–Crippen LogP) is 1.52. The van der Waals surface area contributed by atoms with Gasteiger partial charge in [-0.1, -0.05) is 6.42 Å². The van der Waals surface area contributed by atoms with E-state index in [9.17, 15) is 13.2 Å². The van der Waals surface area contributed by atoms with Crippen molar-refractivity contribution in [1.82, 2.24) is 5.32 Å². The van der Waals surface area contributed by atoms with Crippen LogP contribution in [0.1, 0.15) is 0 Å². The number of hydrogen-bond acceptors (Lipinski definition) is 1. The molecule has 11 heavy (non-hydrogen) atoms. The minimum Gasteiger partial charge on any atom is -0.355 e. The van der Waals surface area contributed by atoms with Crippen LogP contribution in [0.25, 0.3) is 0 Å². The Labute approximate surface area is 75.4 Å². The quantitative estimate of drug-likeness (QED) is 0.254. The standard InChI is InChI=1S/C5H4F3IN2/c1-2-10-4(9)11-3-5(6,7)8/h1H,3H2,(H,10,11). The van der Waals surface area contributed by atoms with E-state index < -0.39 is 12.7 Å². The van der Waals surface area contributed by atoms with E-state index >= 15 is 0 Å². The van der Waals surface area contributed by atoms with Gasteiger partial charge in [0.25, 0.3) is 0 Å². The molecule has 1 N–H and O–H groups in total. The Morgan fingerprint density at radius 3 is 2.55 bits per heavy atom. The number of nitrogens with one attached hydrogen (secondary N) is 1. The van der Waals surface area contributed by atoms with E-state index in [2.05, 4.69) is 4.99 Å². The maximum atomic E-state index is 11.5. The van der Waals surface area contributed by atoms with Crippen LogP contribution >= 0.6 is 22.6 Å². The lowest BCUT2D eigenvalue weighted by Crippen LogP contribution is -2.30. The second kappa shape index (κ2) is 4.43. The summed E-state index contributed by atoms with van der Waals surface area (Å²) in [6.07, 6.45) is 0.470. The molecule has 0 radical (unpaired) electrons. The first-order valence-corrected chi connectivity index (χ1v) is 3.53. The Bertz CT molecular complexity index is 191. The predicted molar refractivity (Wildman–Crippen MR) is 44.3 cm³/mol. The topological polar surface area (TPSA) is 24.4 Å². The second-order valence-electron chi connectivity index (χ2n) is 1.50. The summed E-state index contributed by atoms with van der Waals surface area (Å²) >= 11 is 1.58. The highest BCUT2D eigenvalue weighted by molar-refractivity contribution is 14.1. The number of nitrogens with zero attached hydrogens (tertiary/aromatic N) is 1. The van der Waals surface area contributed by atoms with E-state index in [1.165, 1.54) is 0 Å². The van der Waals surface area contributed by atoms with Crippen molar-refractivity contribution in [3.05, 3.63) is 0 Å². The van der Waals surface area contributed by atoms with Crippen LogP contribution in [-0.2, 0) is 0 Å². The molecule has 0 unspecified atom stereocenters. The number of terminal acetylenes is 1. The van der Waals surface area contributed by atoms with Crippen molar-refractivity contribution in [2.24, 2.45) is 4.99 Å². The van der Waals surface area contributed by atoms with E-state index in [1.807, 2.05) is 11.4 Å². The third-order valence-electron chi connectivity index (χ3n) is 0.597. The largest absolute Gasteiger partial charge is 0.405 e. The van der Waals surface area contributed by atoms with E-state index in [1.54, 1.807) is 22.6 Å². The van der Waals surface area contributed by atoms with E-state index in [-0.39, 0.29) is 3.84 Å². The summed E-state index contributed by atoms with van der Waals surface area (Å²) in [6.45, 7) is -1.11. The first-order chi connectivity index (χ1) is 4.95. The molecule has 0 heterocycles. The molecule has 0 aliphatic heterocycles. The summed E-state index contributed by atoms with van der Waals surface area (Å²) in [5.41, 5.74) is 0. The van der Waals surface area contributed by atoms with Crippen LogP contribution in [0, 0.1) is 12.5 Å². The van der Waals surface area contributed by atoms with Crippen molar-refractivity contribution in [1.29, 1.82) is 0 Å². The molecule has 0 rings (SSSR count). The highest BCUT2D eigenvalue weighted by Gasteiger charge is 2.26. The molecule has 0 atom stereocenters. The van der Waals surface area contributed by atoms with Gasteiger partial charge in [-0.2, -0.15) is 18.2 Å². The third kappa shape index (κ3) is 7.45. The molecule has 0 aliphatic rings. The molecule has 0 saturated carbocycles. The molecule has 0 fully saturated rings. The summed E-state index contributed by atoms with van der Waals surface area (Å²) in [5.74, 6) is 0. The summed E-state index contributed by atoms with van der Waals surface area (Å²) in [6, 6.07) is 1.85. The highest BCUT2D eigenvalue weighted by Crippen LogP contribution is 2.12. The Balaban J connectivity index is 3.74. The Kier molecular flexibility index (Phi) is 4.25. The van der Waals surface area contributed by atoms with E-state index in [0.717, 1.165) is 0 Å². The van der Waals surface area contributed by atoms with Gasteiger partial charge in [0.1, 0.15) is 6.54 Å². The number of aliphatic imine (C=N–C) groups is 1. The van der Waals surface area contributed by atoms with Gasteiger partial charge in [0, 0.05) is 28.6 Å². The first-order valence-electron chi connectivity index (χ1n) is 2.45.